The van der Waals surface area contributed by atoms with Gasteiger partial charge in [-0.15, -0.1) is 0 Å². The number of aromatic nitrogens is 3. The third-order valence-electron chi connectivity index (χ3n) is 4.61. The highest BCUT2D eigenvalue weighted by Crippen LogP contribution is 2.29. The van der Waals surface area contributed by atoms with E-state index in [0.717, 1.165) is 39.7 Å². The summed E-state index contributed by atoms with van der Waals surface area (Å²) >= 11 is 0. The number of hydrogen-bond donors (Lipinski definition) is 1. The van der Waals surface area contributed by atoms with Crippen molar-refractivity contribution in [3.8, 4) is 16.9 Å². The third-order valence-corrected chi connectivity index (χ3v) is 4.61. The van der Waals surface area contributed by atoms with Gasteiger partial charge in [0.05, 0.1) is 12.8 Å². The van der Waals surface area contributed by atoms with Gasteiger partial charge in [-0.1, -0.05) is 44.2 Å². The predicted octanol–water partition coefficient (Wildman–Crippen LogP) is 5.66. The number of rotatable bonds is 6. The molecule has 5 heteroatoms. The number of nitrogens with zero attached hydrogens (tertiary/aromatic N) is 3. The summed E-state index contributed by atoms with van der Waals surface area (Å²) < 4.78 is 7.39. The lowest BCUT2D eigenvalue weighted by Gasteiger charge is -2.13. The summed E-state index contributed by atoms with van der Waals surface area (Å²) in [5.41, 5.74) is 4.99. The minimum atomic E-state index is 0.310. The zero-order valence-electron chi connectivity index (χ0n) is 16.4. The average Bonchev–Trinajstić information content (AvgIpc) is 3.14. The molecule has 0 fully saturated rings. The van der Waals surface area contributed by atoms with Crippen molar-refractivity contribution in [2.45, 2.75) is 26.7 Å². The lowest BCUT2D eigenvalue weighted by Crippen LogP contribution is -2.05. The lowest BCUT2D eigenvalue weighted by atomic mass is 10.1. The van der Waals surface area contributed by atoms with E-state index in [1.54, 1.807) is 0 Å². The molecule has 0 aliphatic carbocycles. The number of ether oxygens (including phenoxy) is 1. The van der Waals surface area contributed by atoms with Gasteiger partial charge in [0.15, 0.2) is 5.65 Å². The maximum atomic E-state index is 5.53. The molecular formula is C23H24N4O. The Morgan fingerprint density at radius 2 is 1.79 bits per heavy atom. The van der Waals surface area contributed by atoms with E-state index >= 15 is 0 Å². The average molecular weight is 372 g/mol. The van der Waals surface area contributed by atoms with Crippen LogP contribution in [0.15, 0.2) is 66.9 Å². The van der Waals surface area contributed by atoms with Crippen molar-refractivity contribution in [1.82, 2.24) is 14.6 Å². The van der Waals surface area contributed by atoms with Crippen molar-refractivity contribution in [2.24, 2.45) is 0 Å². The molecular weight excluding hydrogens is 348 g/mol. The van der Waals surface area contributed by atoms with Crippen LogP contribution in [0.3, 0.4) is 0 Å². The number of anilines is 2. The van der Waals surface area contributed by atoms with Gasteiger partial charge >= 0.3 is 0 Å². The van der Waals surface area contributed by atoms with Crippen LogP contribution in [0.4, 0.5) is 11.5 Å². The van der Waals surface area contributed by atoms with Gasteiger partial charge in [-0.2, -0.15) is 9.61 Å². The minimum Gasteiger partial charge on any atom is -0.494 e. The number of fused-ring (bicyclic) bond motifs is 1. The molecule has 0 saturated carbocycles. The Bertz CT molecular complexity index is 1070. The molecule has 0 unspecified atom stereocenters. The SMILES string of the molecule is CCOc1ccc(Nc2cc(C(C)C)nc3c(-c4ccccc4)cnn23)cc1. The molecule has 0 atom stereocenters. The standard InChI is InChI=1S/C23H24N4O/c1-4-28-19-12-10-18(11-13-19)25-22-14-21(16(2)3)26-23-20(15-24-27(22)23)17-8-6-5-7-9-17/h5-16,25H,4H2,1-3H3. The van der Waals surface area contributed by atoms with E-state index in [0.29, 0.717) is 12.5 Å². The highest BCUT2D eigenvalue weighted by molar-refractivity contribution is 5.78. The van der Waals surface area contributed by atoms with Crippen LogP contribution >= 0.6 is 0 Å². The molecule has 0 aliphatic rings. The van der Waals surface area contributed by atoms with E-state index in [9.17, 15) is 0 Å². The van der Waals surface area contributed by atoms with Crippen LogP contribution in [-0.2, 0) is 0 Å². The first-order valence-electron chi connectivity index (χ1n) is 9.59. The highest BCUT2D eigenvalue weighted by atomic mass is 16.5. The Labute approximate surface area is 165 Å². The Morgan fingerprint density at radius 1 is 1.04 bits per heavy atom. The van der Waals surface area contributed by atoms with Crippen LogP contribution in [0.2, 0.25) is 0 Å². The highest BCUT2D eigenvalue weighted by Gasteiger charge is 2.14. The van der Waals surface area contributed by atoms with Gasteiger partial charge in [-0.05, 0) is 42.7 Å². The topological polar surface area (TPSA) is 51.5 Å². The summed E-state index contributed by atoms with van der Waals surface area (Å²) in [6.45, 7) is 6.94. The molecule has 2 heterocycles. The van der Waals surface area contributed by atoms with Crippen LogP contribution in [0.25, 0.3) is 16.8 Å². The first-order valence-corrected chi connectivity index (χ1v) is 9.59. The summed E-state index contributed by atoms with van der Waals surface area (Å²) in [6, 6.07) is 20.3. The van der Waals surface area contributed by atoms with Gasteiger partial charge in [-0.25, -0.2) is 4.98 Å². The first-order chi connectivity index (χ1) is 13.7. The second-order valence-electron chi connectivity index (χ2n) is 6.96. The van der Waals surface area contributed by atoms with Crippen LogP contribution in [0.5, 0.6) is 5.75 Å². The lowest BCUT2D eigenvalue weighted by molar-refractivity contribution is 0.340. The molecule has 1 N–H and O–H groups in total. The van der Waals surface area contributed by atoms with E-state index in [4.69, 9.17) is 9.72 Å². The molecule has 0 saturated heterocycles. The molecule has 0 spiro atoms. The number of nitrogens with one attached hydrogen (secondary N) is 1. The predicted molar refractivity (Wildman–Crippen MR) is 113 cm³/mol. The second kappa shape index (κ2) is 7.72. The maximum Gasteiger partial charge on any atom is 0.165 e. The van der Waals surface area contributed by atoms with Crippen molar-refractivity contribution in [3.05, 3.63) is 72.6 Å². The second-order valence-corrected chi connectivity index (χ2v) is 6.96. The quantitative estimate of drug-likeness (QED) is 0.474. The third kappa shape index (κ3) is 3.56. The molecule has 5 nitrogen and oxygen atoms in total. The molecule has 142 valence electrons. The van der Waals surface area contributed by atoms with Gasteiger partial charge in [0.2, 0.25) is 0 Å². The van der Waals surface area contributed by atoms with E-state index < -0.39 is 0 Å². The van der Waals surface area contributed by atoms with Crippen LogP contribution in [0, 0.1) is 0 Å². The monoisotopic (exact) mass is 372 g/mol. The molecule has 2 aromatic heterocycles. The Balaban J connectivity index is 1.78. The van der Waals surface area contributed by atoms with Gasteiger partial charge < -0.3 is 10.1 Å². The van der Waals surface area contributed by atoms with Crippen LogP contribution in [0.1, 0.15) is 32.4 Å². The van der Waals surface area contributed by atoms with Crippen molar-refractivity contribution in [2.75, 3.05) is 11.9 Å². The molecule has 0 aliphatic heterocycles. The zero-order valence-corrected chi connectivity index (χ0v) is 16.4. The van der Waals surface area contributed by atoms with Crippen LogP contribution in [-0.4, -0.2) is 21.2 Å². The number of benzene rings is 2. The fourth-order valence-electron chi connectivity index (χ4n) is 3.14. The van der Waals surface area contributed by atoms with Crippen molar-refractivity contribution < 1.29 is 4.74 Å². The van der Waals surface area contributed by atoms with Crippen molar-refractivity contribution in [1.29, 1.82) is 0 Å². The molecule has 2 aromatic carbocycles. The minimum absolute atomic E-state index is 0.310. The van der Waals surface area contributed by atoms with E-state index in [1.807, 2.05) is 60.1 Å². The largest absolute Gasteiger partial charge is 0.494 e. The van der Waals surface area contributed by atoms with E-state index in [2.05, 4.69) is 42.5 Å². The Morgan fingerprint density at radius 3 is 2.46 bits per heavy atom. The first kappa shape index (κ1) is 18.0. The molecule has 28 heavy (non-hydrogen) atoms. The van der Waals surface area contributed by atoms with Gasteiger partial charge in [0.25, 0.3) is 0 Å². The molecule has 4 aromatic rings. The van der Waals surface area contributed by atoms with Crippen LogP contribution < -0.4 is 10.1 Å². The molecule has 0 radical (unpaired) electrons. The van der Waals surface area contributed by atoms with Gasteiger partial charge in [0.1, 0.15) is 11.6 Å². The Hall–Kier alpha value is -3.34. The van der Waals surface area contributed by atoms with E-state index in [-0.39, 0.29) is 0 Å². The fraction of sp³-hybridized carbons (Fsp3) is 0.217. The summed E-state index contributed by atoms with van der Waals surface area (Å²) in [6.07, 6.45) is 1.88. The summed E-state index contributed by atoms with van der Waals surface area (Å²) in [7, 11) is 0. The van der Waals surface area contributed by atoms with Crippen molar-refractivity contribution >= 4 is 17.2 Å². The normalized spacial score (nSPS) is 11.1. The molecule has 4 rings (SSSR count). The number of hydrogen-bond acceptors (Lipinski definition) is 4. The van der Waals surface area contributed by atoms with Gasteiger partial charge in [-0.3, -0.25) is 0 Å². The maximum absolute atomic E-state index is 5.53. The summed E-state index contributed by atoms with van der Waals surface area (Å²) in [5.74, 6) is 2.06. The zero-order chi connectivity index (χ0) is 19.5. The summed E-state index contributed by atoms with van der Waals surface area (Å²) in [4.78, 5) is 4.89. The van der Waals surface area contributed by atoms with E-state index in [1.165, 1.54) is 0 Å². The summed E-state index contributed by atoms with van der Waals surface area (Å²) in [5, 5.41) is 8.09. The fourth-order valence-corrected chi connectivity index (χ4v) is 3.14. The van der Waals surface area contributed by atoms with Gasteiger partial charge in [0, 0.05) is 23.0 Å². The smallest absolute Gasteiger partial charge is 0.165 e. The Kier molecular flexibility index (Phi) is 4.98. The van der Waals surface area contributed by atoms with Crippen molar-refractivity contribution in [3.63, 3.8) is 0 Å². The molecule has 0 bridgehead atoms. The molecule has 0 amide bonds.